The van der Waals surface area contributed by atoms with E-state index in [9.17, 15) is 40.5 Å². The van der Waals surface area contributed by atoms with E-state index in [1.807, 2.05) is 0 Å². The largest absolute Gasteiger partial charge is 0.457 e. The lowest BCUT2D eigenvalue weighted by atomic mass is 9.98. The van der Waals surface area contributed by atoms with Gasteiger partial charge in [-0.25, -0.2) is 0 Å². The fraction of sp³-hybridized carbons (Fsp3) is 0.780. The summed E-state index contributed by atoms with van der Waals surface area (Å²) in [6, 6.07) is 0. The first kappa shape index (κ1) is 66.5. The van der Waals surface area contributed by atoms with Crippen molar-refractivity contribution >= 4 is 5.97 Å². The Labute approximate surface area is 440 Å². The van der Waals surface area contributed by atoms with Crippen molar-refractivity contribution in [1.82, 2.24) is 0 Å². The molecule has 2 fully saturated rings. The molecule has 73 heavy (non-hydrogen) atoms. The molecule has 7 N–H and O–H groups in total. The van der Waals surface area contributed by atoms with Gasteiger partial charge in [0.1, 0.15) is 54.9 Å². The number of rotatable bonds is 45. The van der Waals surface area contributed by atoms with Crippen molar-refractivity contribution in [3.8, 4) is 0 Å². The number of aliphatic hydroxyl groups excluding tert-OH is 7. The van der Waals surface area contributed by atoms with Crippen LogP contribution < -0.4 is 0 Å². The fourth-order valence-corrected chi connectivity index (χ4v) is 8.60. The highest BCUT2D eigenvalue weighted by Crippen LogP contribution is 2.26. The average molecular weight is 1040 g/mol. The molecule has 0 bridgehead atoms. The summed E-state index contributed by atoms with van der Waals surface area (Å²) in [6.45, 7) is 3.54. The Kier molecular flexibility index (Phi) is 41.6. The molecule has 0 aromatic heterocycles. The van der Waals surface area contributed by atoms with Crippen LogP contribution in [0.2, 0.25) is 0 Å². The van der Waals surface area contributed by atoms with E-state index in [1.165, 1.54) is 70.6 Å². The Morgan fingerprint density at radius 2 is 0.890 bits per heavy atom. The maximum atomic E-state index is 13.0. The van der Waals surface area contributed by atoms with Crippen LogP contribution in [0.5, 0.6) is 0 Å². The second-order valence-electron chi connectivity index (χ2n) is 19.7. The molecule has 0 aliphatic carbocycles. The third-order valence-electron chi connectivity index (χ3n) is 13.2. The summed E-state index contributed by atoms with van der Waals surface area (Å²) in [5, 5.41) is 72.3. The molecule has 11 unspecified atom stereocenters. The lowest BCUT2D eigenvalue weighted by molar-refractivity contribution is -0.332. The van der Waals surface area contributed by atoms with Crippen molar-refractivity contribution < 1.29 is 69.0 Å². The summed E-state index contributed by atoms with van der Waals surface area (Å²) < 4.78 is 34.3. The van der Waals surface area contributed by atoms with Gasteiger partial charge in [0.25, 0.3) is 0 Å². The zero-order chi connectivity index (χ0) is 53.0. The molecule has 2 rings (SSSR count). The van der Waals surface area contributed by atoms with Crippen molar-refractivity contribution in [3.05, 3.63) is 72.9 Å². The lowest BCUT2D eigenvalue weighted by Gasteiger charge is -2.42. The minimum absolute atomic E-state index is 0.0493. The van der Waals surface area contributed by atoms with Crippen molar-refractivity contribution in [3.63, 3.8) is 0 Å². The number of esters is 1. The molecule has 0 aromatic rings. The van der Waals surface area contributed by atoms with Gasteiger partial charge in [-0.05, 0) is 83.5 Å². The van der Waals surface area contributed by atoms with Gasteiger partial charge >= 0.3 is 5.97 Å². The molecule has 2 aliphatic rings. The van der Waals surface area contributed by atoms with Crippen LogP contribution >= 0.6 is 0 Å². The smallest absolute Gasteiger partial charge is 0.306 e. The Morgan fingerprint density at radius 3 is 1.41 bits per heavy atom. The van der Waals surface area contributed by atoms with Gasteiger partial charge in [0, 0.05) is 13.0 Å². The quantitative estimate of drug-likeness (QED) is 0.0172. The molecule has 14 heteroatoms. The molecule has 14 nitrogen and oxygen atoms in total. The van der Waals surface area contributed by atoms with Gasteiger partial charge in [-0.15, -0.1) is 0 Å². The van der Waals surface area contributed by atoms with Gasteiger partial charge in [0.2, 0.25) is 0 Å². The zero-order valence-corrected chi connectivity index (χ0v) is 45.1. The van der Waals surface area contributed by atoms with E-state index in [1.54, 1.807) is 0 Å². The van der Waals surface area contributed by atoms with Gasteiger partial charge in [-0.2, -0.15) is 0 Å². The van der Waals surface area contributed by atoms with E-state index in [2.05, 4.69) is 86.8 Å². The van der Waals surface area contributed by atoms with Crippen molar-refractivity contribution in [2.75, 3.05) is 33.0 Å². The highest BCUT2D eigenvalue weighted by Gasteiger charge is 2.47. The van der Waals surface area contributed by atoms with Crippen LogP contribution in [0.1, 0.15) is 194 Å². The number of carbonyl (C=O) groups is 1. The summed E-state index contributed by atoms with van der Waals surface area (Å²) in [5.74, 6) is -0.390. The summed E-state index contributed by atoms with van der Waals surface area (Å²) >= 11 is 0. The number of allylic oxidation sites excluding steroid dienone is 12. The predicted molar refractivity (Wildman–Crippen MR) is 289 cm³/mol. The SMILES string of the molecule is CC/C=C\C/C=C\C/C=C\C/C=C\C/C=C\CCCCCCCCCCOCC(COC1OC(COC2OC(CO)C(O)C(O)C2O)C(O)C(O)C1O)OC(=O)CCCCCCC/C=C\CCCCCCCC. The number of aliphatic hydroxyl groups is 7. The summed E-state index contributed by atoms with van der Waals surface area (Å²) in [4.78, 5) is 13.0. The van der Waals surface area contributed by atoms with Crippen LogP contribution in [-0.4, -0.2) is 142 Å². The van der Waals surface area contributed by atoms with E-state index >= 15 is 0 Å². The van der Waals surface area contributed by atoms with Crippen molar-refractivity contribution in [2.24, 2.45) is 0 Å². The maximum absolute atomic E-state index is 13.0. The zero-order valence-electron chi connectivity index (χ0n) is 45.1. The Balaban J connectivity index is 1.72. The Morgan fingerprint density at radius 1 is 0.466 bits per heavy atom. The maximum Gasteiger partial charge on any atom is 0.306 e. The molecule has 0 spiro atoms. The van der Waals surface area contributed by atoms with E-state index in [0.29, 0.717) is 13.0 Å². The van der Waals surface area contributed by atoms with Gasteiger partial charge in [-0.3, -0.25) is 4.79 Å². The second kappa shape index (κ2) is 45.6. The lowest BCUT2D eigenvalue weighted by Crippen LogP contribution is -2.61. The summed E-state index contributed by atoms with van der Waals surface area (Å²) in [7, 11) is 0. The first-order valence-electron chi connectivity index (χ1n) is 28.5. The first-order chi connectivity index (χ1) is 35.6. The van der Waals surface area contributed by atoms with Crippen LogP contribution in [0.3, 0.4) is 0 Å². The molecule has 422 valence electrons. The second-order valence-corrected chi connectivity index (χ2v) is 19.7. The standard InChI is InChI=1S/C59H102O14/c1-3-5-7-9-11-13-15-17-19-20-21-22-23-24-25-26-27-29-31-33-35-37-39-41-43-68-45-48(71-51(61)42-40-38-36-34-32-30-28-18-16-14-12-10-8-6-4-2)46-69-58-57(67)55(65)53(63)50(73-58)47-70-59-56(66)54(64)52(62)49(44-60)72-59/h5,7,11,13,17-19,21-22,24-25,28,48-50,52-60,62-67H,3-4,6,8-10,12,14-16,20,23,26-27,29-47H2,1-2H3/b7-5-,13-11-,19-17-,22-21-,25-24-,28-18-. The number of unbranched alkanes of at least 4 members (excludes halogenated alkanes) is 19. The topological polar surface area (TPSA) is 214 Å². The minimum atomic E-state index is -1.71. The molecule has 0 saturated carbocycles. The van der Waals surface area contributed by atoms with Crippen LogP contribution in [0.4, 0.5) is 0 Å². The van der Waals surface area contributed by atoms with E-state index in [-0.39, 0.29) is 25.6 Å². The highest BCUT2D eigenvalue weighted by molar-refractivity contribution is 5.69. The Bertz CT molecular complexity index is 1480. The monoisotopic (exact) mass is 1030 g/mol. The van der Waals surface area contributed by atoms with Crippen LogP contribution in [0, 0.1) is 0 Å². The fourth-order valence-electron chi connectivity index (χ4n) is 8.60. The van der Waals surface area contributed by atoms with Crippen molar-refractivity contribution in [2.45, 2.75) is 261 Å². The number of hydrogen-bond donors (Lipinski definition) is 7. The molecule has 0 amide bonds. The number of hydrogen-bond acceptors (Lipinski definition) is 14. The molecule has 0 radical (unpaired) electrons. The average Bonchev–Trinajstić information content (AvgIpc) is 3.39. The highest BCUT2D eigenvalue weighted by atomic mass is 16.7. The van der Waals surface area contributed by atoms with E-state index < -0.39 is 80.7 Å². The molecule has 2 saturated heterocycles. The van der Waals surface area contributed by atoms with Crippen molar-refractivity contribution in [1.29, 1.82) is 0 Å². The molecular weight excluding hydrogens is 933 g/mol. The molecule has 2 heterocycles. The van der Waals surface area contributed by atoms with E-state index in [0.717, 1.165) is 96.3 Å². The Hall–Kier alpha value is -2.57. The van der Waals surface area contributed by atoms with Crippen LogP contribution in [0.25, 0.3) is 0 Å². The third-order valence-corrected chi connectivity index (χ3v) is 13.2. The van der Waals surface area contributed by atoms with Gasteiger partial charge in [0.05, 0.1) is 26.4 Å². The summed E-state index contributed by atoms with van der Waals surface area (Å²) in [5.41, 5.74) is 0. The third kappa shape index (κ3) is 32.6. The molecule has 2 aliphatic heterocycles. The normalized spacial score (nSPS) is 25.5. The summed E-state index contributed by atoms with van der Waals surface area (Å²) in [6.07, 6.45) is 41.0. The number of ether oxygens (including phenoxy) is 6. The number of carbonyl (C=O) groups excluding carboxylic acids is 1. The predicted octanol–water partition coefficient (Wildman–Crippen LogP) is 9.86. The van der Waals surface area contributed by atoms with Gasteiger partial charge in [-0.1, -0.05) is 177 Å². The van der Waals surface area contributed by atoms with Gasteiger partial charge < -0.3 is 64.2 Å². The minimum Gasteiger partial charge on any atom is -0.457 e. The van der Waals surface area contributed by atoms with E-state index in [4.69, 9.17) is 28.4 Å². The molecule has 0 aromatic carbocycles. The van der Waals surface area contributed by atoms with Gasteiger partial charge in [0.15, 0.2) is 12.6 Å². The van der Waals surface area contributed by atoms with Crippen LogP contribution in [-0.2, 0) is 33.2 Å². The van der Waals surface area contributed by atoms with Crippen LogP contribution in [0.15, 0.2) is 72.9 Å². The molecular formula is C59H102O14. The molecule has 11 atom stereocenters. The first-order valence-corrected chi connectivity index (χ1v) is 28.5.